The van der Waals surface area contributed by atoms with Crippen LogP contribution in [0.2, 0.25) is 0 Å². The van der Waals surface area contributed by atoms with Crippen molar-refractivity contribution in [2.24, 2.45) is 5.84 Å². The normalized spacial score (nSPS) is 10.0. The Kier molecular flexibility index (Phi) is 3.49. The molecule has 88 valence electrons. The van der Waals surface area contributed by atoms with E-state index in [0.29, 0.717) is 17.4 Å². The maximum atomic E-state index is 8.90. The Labute approximate surface area is 98.1 Å². The first-order valence-corrected chi connectivity index (χ1v) is 4.98. The van der Waals surface area contributed by atoms with Crippen LogP contribution in [0.15, 0.2) is 36.7 Å². The molecule has 0 amide bonds. The summed E-state index contributed by atoms with van der Waals surface area (Å²) in [6.07, 6.45) is 2.97. The van der Waals surface area contributed by atoms with Gasteiger partial charge in [0, 0.05) is 0 Å². The van der Waals surface area contributed by atoms with Crippen LogP contribution >= 0.6 is 0 Å². The van der Waals surface area contributed by atoms with Crippen molar-refractivity contribution in [2.75, 3.05) is 5.43 Å². The van der Waals surface area contributed by atoms with Crippen LogP contribution in [0.1, 0.15) is 5.56 Å². The van der Waals surface area contributed by atoms with Gasteiger partial charge in [0.2, 0.25) is 5.88 Å². The van der Waals surface area contributed by atoms with E-state index in [-0.39, 0.29) is 6.61 Å². The van der Waals surface area contributed by atoms with Crippen LogP contribution < -0.4 is 16.0 Å². The molecule has 1 aromatic carbocycles. The van der Waals surface area contributed by atoms with Gasteiger partial charge in [-0.1, -0.05) is 12.1 Å². The van der Waals surface area contributed by atoms with Crippen molar-refractivity contribution < 1.29 is 9.84 Å². The maximum absolute atomic E-state index is 8.90. The van der Waals surface area contributed by atoms with E-state index in [2.05, 4.69) is 15.4 Å². The molecular weight excluding hydrogens is 220 g/mol. The first kappa shape index (κ1) is 11.3. The number of rotatable bonds is 4. The fourth-order valence-electron chi connectivity index (χ4n) is 1.25. The molecule has 0 unspecified atom stereocenters. The van der Waals surface area contributed by atoms with E-state index in [4.69, 9.17) is 15.7 Å². The summed E-state index contributed by atoms with van der Waals surface area (Å²) in [6.45, 7) is 0.00661. The molecule has 0 aliphatic carbocycles. The lowest BCUT2D eigenvalue weighted by atomic mass is 10.2. The van der Waals surface area contributed by atoms with Crippen LogP contribution in [0.4, 0.5) is 5.82 Å². The smallest absolute Gasteiger partial charge is 0.239 e. The summed E-state index contributed by atoms with van der Waals surface area (Å²) >= 11 is 0. The van der Waals surface area contributed by atoms with Crippen LogP contribution in [0.3, 0.4) is 0 Å². The molecule has 1 heterocycles. The quantitative estimate of drug-likeness (QED) is 0.539. The van der Waals surface area contributed by atoms with E-state index in [9.17, 15) is 0 Å². The largest absolute Gasteiger partial charge is 0.437 e. The number of nitrogens with zero attached hydrogens (tertiary/aromatic N) is 2. The monoisotopic (exact) mass is 232 g/mol. The topological polar surface area (TPSA) is 93.3 Å². The van der Waals surface area contributed by atoms with Crippen molar-refractivity contribution in [3.05, 3.63) is 42.2 Å². The minimum atomic E-state index is 0.00661. The van der Waals surface area contributed by atoms with Crippen molar-refractivity contribution >= 4 is 5.82 Å². The number of anilines is 1. The highest BCUT2D eigenvalue weighted by atomic mass is 16.5. The van der Waals surface area contributed by atoms with E-state index < -0.39 is 0 Å². The predicted octanol–water partition coefficient (Wildman–Crippen LogP) is 1.05. The Morgan fingerprint density at radius 2 is 2.00 bits per heavy atom. The number of aromatic nitrogens is 2. The molecule has 4 N–H and O–H groups in total. The van der Waals surface area contributed by atoms with E-state index >= 15 is 0 Å². The average molecular weight is 232 g/mol. The Morgan fingerprint density at radius 1 is 1.24 bits per heavy atom. The molecule has 0 aliphatic rings. The molecule has 0 bridgehead atoms. The van der Waals surface area contributed by atoms with E-state index in [0.717, 1.165) is 5.56 Å². The third-order valence-electron chi connectivity index (χ3n) is 2.09. The highest BCUT2D eigenvalue weighted by Gasteiger charge is 2.00. The summed E-state index contributed by atoms with van der Waals surface area (Å²) in [7, 11) is 0. The summed E-state index contributed by atoms with van der Waals surface area (Å²) in [6, 6.07) is 7.03. The van der Waals surface area contributed by atoms with Gasteiger partial charge in [-0.2, -0.15) is 4.98 Å². The molecule has 0 atom stereocenters. The van der Waals surface area contributed by atoms with Gasteiger partial charge in [0.25, 0.3) is 0 Å². The molecule has 1 aromatic heterocycles. The molecule has 6 nitrogen and oxygen atoms in total. The molecule has 0 aliphatic heterocycles. The number of hydrogen-bond acceptors (Lipinski definition) is 6. The van der Waals surface area contributed by atoms with Crippen molar-refractivity contribution in [1.82, 2.24) is 9.97 Å². The third-order valence-corrected chi connectivity index (χ3v) is 2.09. The second kappa shape index (κ2) is 5.24. The van der Waals surface area contributed by atoms with E-state index in [1.54, 1.807) is 24.3 Å². The lowest BCUT2D eigenvalue weighted by molar-refractivity contribution is 0.281. The minimum absolute atomic E-state index is 0.00661. The lowest BCUT2D eigenvalue weighted by Gasteiger charge is -2.06. The summed E-state index contributed by atoms with van der Waals surface area (Å²) in [4.78, 5) is 7.97. The Balaban J connectivity index is 2.13. The molecule has 6 heteroatoms. The number of aliphatic hydroxyl groups excluding tert-OH is 1. The summed E-state index contributed by atoms with van der Waals surface area (Å²) in [5, 5.41) is 8.90. The van der Waals surface area contributed by atoms with Gasteiger partial charge in [-0.25, -0.2) is 5.84 Å². The molecule has 2 rings (SSSR count). The Bertz CT molecular complexity index is 487. The van der Waals surface area contributed by atoms with E-state index in [1.165, 1.54) is 12.4 Å². The zero-order valence-electron chi connectivity index (χ0n) is 9.00. The fourth-order valence-corrected chi connectivity index (χ4v) is 1.25. The average Bonchev–Trinajstić information content (AvgIpc) is 2.40. The predicted molar refractivity (Wildman–Crippen MR) is 62.3 cm³/mol. The lowest BCUT2D eigenvalue weighted by Crippen LogP contribution is -2.08. The second-order valence-corrected chi connectivity index (χ2v) is 3.29. The van der Waals surface area contributed by atoms with Crippen molar-refractivity contribution in [1.29, 1.82) is 0 Å². The molecule has 0 saturated carbocycles. The first-order valence-electron chi connectivity index (χ1n) is 4.98. The van der Waals surface area contributed by atoms with Crippen LogP contribution in [0.5, 0.6) is 11.6 Å². The molecule has 0 saturated heterocycles. The van der Waals surface area contributed by atoms with Gasteiger partial charge in [-0.15, -0.1) is 0 Å². The molecule has 0 fully saturated rings. The summed E-state index contributed by atoms with van der Waals surface area (Å²) < 4.78 is 5.47. The second-order valence-electron chi connectivity index (χ2n) is 3.29. The summed E-state index contributed by atoms with van der Waals surface area (Å²) in [5.74, 6) is 6.60. The van der Waals surface area contributed by atoms with E-state index in [1.807, 2.05) is 0 Å². The van der Waals surface area contributed by atoms with Crippen LogP contribution in [0, 0.1) is 0 Å². The Hall–Kier alpha value is -2.18. The zero-order valence-corrected chi connectivity index (χ0v) is 9.00. The number of aliphatic hydroxyl groups is 1. The standard InChI is InChI=1S/C11H12N4O2/c12-15-10-5-13-6-11(14-10)17-9-3-1-8(7-16)2-4-9/h1-6,16H,7,12H2,(H,14,15). The molecule has 2 aromatic rings. The maximum Gasteiger partial charge on any atom is 0.239 e. The number of benzene rings is 1. The van der Waals surface area contributed by atoms with Crippen LogP contribution in [-0.4, -0.2) is 15.1 Å². The number of nitrogens with two attached hydrogens (primary N) is 1. The van der Waals surface area contributed by atoms with Crippen LogP contribution in [0.25, 0.3) is 0 Å². The molecule has 0 spiro atoms. The molecule has 17 heavy (non-hydrogen) atoms. The first-order chi connectivity index (χ1) is 8.31. The third kappa shape index (κ3) is 2.90. The van der Waals surface area contributed by atoms with Crippen molar-refractivity contribution in [3.8, 4) is 11.6 Å². The fraction of sp³-hybridized carbons (Fsp3) is 0.0909. The minimum Gasteiger partial charge on any atom is -0.437 e. The number of ether oxygens (including phenoxy) is 1. The summed E-state index contributed by atoms with van der Waals surface area (Å²) in [5.41, 5.74) is 3.20. The number of hydrazine groups is 1. The Morgan fingerprint density at radius 3 is 2.65 bits per heavy atom. The van der Waals surface area contributed by atoms with Gasteiger partial charge in [0.15, 0.2) is 5.82 Å². The highest BCUT2D eigenvalue weighted by Crippen LogP contribution is 2.19. The number of nitrogen functional groups attached to an aromatic ring is 1. The van der Waals surface area contributed by atoms with Crippen LogP contribution in [-0.2, 0) is 6.61 Å². The highest BCUT2D eigenvalue weighted by molar-refractivity contribution is 5.34. The van der Waals surface area contributed by atoms with Gasteiger partial charge >= 0.3 is 0 Å². The van der Waals surface area contributed by atoms with Gasteiger partial charge in [-0.3, -0.25) is 4.98 Å². The number of nitrogens with one attached hydrogen (secondary N) is 1. The number of hydrogen-bond donors (Lipinski definition) is 3. The van der Waals surface area contributed by atoms with Gasteiger partial charge < -0.3 is 15.3 Å². The SMILES string of the molecule is NNc1cncc(Oc2ccc(CO)cc2)n1. The van der Waals surface area contributed by atoms with Gasteiger partial charge in [0.1, 0.15) is 5.75 Å². The van der Waals surface area contributed by atoms with Gasteiger partial charge in [-0.05, 0) is 17.7 Å². The zero-order chi connectivity index (χ0) is 12.1. The van der Waals surface area contributed by atoms with Crippen molar-refractivity contribution in [3.63, 3.8) is 0 Å². The molecule has 0 radical (unpaired) electrons. The molecular formula is C11H12N4O2. The van der Waals surface area contributed by atoms with Gasteiger partial charge in [0.05, 0.1) is 19.0 Å². The van der Waals surface area contributed by atoms with Crippen molar-refractivity contribution in [2.45, 2.75) is 6.61 Å².